The van der Waals surface area contributed by atoms with E-state index in [0.29, 0.717) is 35.8 Å². The van der Waals surface area contributed by atoms with Gasteiger partial charge in [-0.3, -0.25) is 9.59 Å². The molecule has 3 aromatic rings. The van der Waals surface area contributed by atoms with Crippen LogP contribution in [-0.2, 0) is 4.79 Å². The third-order valence-corrected chi connectivity index (χ3v) is 5.25. The van der Waals surface area contributed by atoms with Crippen molar-refractivity contribution in [1.29, 1.82) is 0 Å². The average Bonchev–Trinajstić information content (AvgIpc) is 2.81. The van der Waals surface area contributed by atoms with Gasteiger partial charge in [-0.25, -0.2) is 0 Å². The molecule has 0 bridgehead atoms. The molecule has 1 heterocycles. The lowest BCUT2D eigenvalue weighted by atomic mass is 9.93. The van der Waals surface area contributed by atoms with Gasteiger partial charge in [-0.05, 0) is 61.9 Å². The predicted molar refractivity (Wildman–Crippen MR) is 116 cm³/mol. The van der Waals surface area contributed by atoms with E-state index in [-0.39, 0.29) is 11.8 Å². The maximum absolute atomic E-state index is 12.9. The quantitative estimate of drug-likeness (QED) is 0.697. The molecule has 0 radical (unpaired) electrons. The number of rotatable bonds is 3. The highest BCUT2D eigenvalue weighted by Gasteiger charge is 2.37. The molecule has 1 N–H and O–H groups in total. The summed E-state index contributed by atoms with van der Waals surface area (Å²) >= 11 is 0. The maximum Gasteiger partial charge on any atom is 0.255 e. The molecule has 0 spiro atoms. The van der Waals surface area contributed by atoms with Crippen LogP contribution in [0.4, 0.5) is 11.4 Å². The Bertz CT molecular complexity index is 1100. The zero-order valence-corrected chi connectivity index (χ0v) is 16.9. The van der Waals surface area contributed by atoms with Crippen molar-refractivity contribution >= 4 is 34.0 Å². The van der Waals surface area contributed by atoms with E-state index in [0.717, 1.165) is 10.8 Å². The third-order valence-electron chi connectivity index (χ3n) is 5.25. The Labute approximate surface area is 170 Å². The van der Waals surface area contributed by atoms with E-state index in [2.05, 4.69) is 5.32 Å². The van der Waals surface area contributed by atoms with Gasteiger partial charge in [0.15, 0.2) is 0 Å². The Morgan fingerprint density at radius 1 is 1.07 bits per heavy atom. The van der Waals surface area contributed by atoms with Gasteiger partial charge >= 0.3 is 0 Å². The molecule has 0 atom stereocenters. The minimum absolute atomic E-state index is 0.0109. The highest BCUT2D eigenvalue weighted by Crippen LogP contribution is 2.38. The number of hydrogen-bond acceptors (Lipinski definition) is 3. The molecule has 5 heteroatoms. The van der Waals surface area contributed by atoms with E-state index in [1.165, 1.54) is 0 Å². The van der Waals surface area contributed by atoms with Crippen LogP contribution in [0.25, 0.3) is 10.8 Å². The van der Waals surface area contributed by atoms with Crippen LogP contribution in [0.3, 0.4) is 0 Å². The van der Waals surface area contributed by atoms with Crippen molar-refractivity contribution in [3.05, 3.63) is 66.2 Å². The predicted octanol–water partition coefficient (Wildman–Crippen LogP) is 4.86. The number of fused-ring (bicyclic) bond motifs is 2. The average molecular weight is 388 g/mol. The van der Waals surface area contributed by atoms with Crippen molar-refractivity contribution in [3.8, 4) is 5.75 Å². The molecule has 4 rings (SSSR count). The number of ether oxygens (including phenoxy) is 1. The van der Waals surface area contributed by atoms with E-state index in [4.69, 9.17) is 4.74 Å². The van der Waals surface area contributed by atoms with Crippen LogP contribution in [0.2, 0.25) is 0 Å². The minimum atomic E-state index is -0.608. The molecule has 1 aliphatic heterocycles. The number of benzene rings is 3. The number of nitrogens with zero attached hydrogens (tertiary/aromatic N) is 1. The Kier molecular flexibility index (Phi) is 4.74. The molecule has 2 amide bonds. The Balaban J connectivity index is 1.63. The number of anilines is 2. The van der Waals surface area contributed by atoms with Crippen LogP contribution in [0.15, 0.2) is 60.7 Å². The standard InChI is InChI=1S/C24H24N2O3/c1-4-26-20-14-19(11-12-21(20)29-15-24(2,3)23(26)28)25-22(27)18-10-9-16-7-5-6-8-17(16)13-18/h5-14H,4,15H2,1-3H3,(H,25,27). The van der Waals surface area contributed by atoms with Crippen LogP contribution in [0.5, 0.6) is 5.75 Å². The summed E-state index contributed by atoms with van der Waals surface area (Å²) in [5.74, 6) is 0.464. The topological polar surface area (TPSA) is 58.6 Å². The van der Waals surface area contributed by atoms with Gasteiger partial charge in [0.2, 0.25) is 5.91 Å². The van der Waals surface area contributed by atoms with Crippen molar-refractivity contribution < 1.29 is 14.3 Å². The second-order valence-corrected chi connectivity index (χ2v) is 7.92. The molecule has 29 heavy (non-hydrogen) atoms. The van der Waals surface area contributed by atoms with Crippen LogP contribution >= 0.6 is 0 Å². The number of carbonyl (C=O) groups is 2. The third kappa shape index (κ3) is 3.56. The normalized spacial score (nSPS) is 15.4. The molecule has 0 fully saturated rings. The van der Waals surface area contributed by atoms with E-state index in [1.807, 2.05) is 69.3 Å². The first kappa shape index (κ1) is 19.0. The van der Waals surface area contributed by atoms with E-state index in [1.54, 1.807) is 17.0 Å². The first-order valence-corrected chi connectivity index (χ1v) is 9.78. The summed E-state index contributed by atoms with van der Waals surface area (Å²) in [6.45, 7) is 6.54. The monoisotopic (exact) mass is 388 g/mol. The first-order valence-electron chi connectivity index (χ1n) is 9.78. The van der Waals surface area contributed by atoms with Crippen molar-refractivity contribution in [3.63, 3.8) is 0 Å². The molecule has 3 aromatic carbocycles. The summed E-state index contributed by atoms with van der Waals surface area (Å²) in [4.78, 5) is 27.4. The molecule has 148 valence electrons. The van der Waals surface area contributed by atoms with Gasteiger partial charge in [0.25, 0.3) is 5.91 Å². The smallest absolute Gasteiger partial charge is 0.255 e. The Morgan fingerprint density at radius 2 is 1.83 bits per heavy atom. The zero-order valence-electron chi connectivity index (χ0n) is 16.9. The molecular weight excluding hydrogens is 364 g/mol. The van der Waals surface area contributed by atoms with Crippen LogP contribution in [-0.4, -0.2) is 25.0 Å². The number of nitrogens with one attached hydrogen (secondary N) is 1. The first-order chi connectivity index (χ1) is 13.9. The lowest BCUT2D eigenvalue weighted by molar-refractivity contribution is -0.127. The van der Waals surface area contributed by atoms with Crippen LogP contribution in [0.1, 0.15) is 31.1 Å². The molecule has 0 unspecified atom stereocenters. The highest BCUT2D eigenvalue weighted by atomic mass is 16.5. The number of hydrogen-bond donors (Lipinski definition) is 1. The molecule has 0 saturated carbocycles. The fraction of sp³-hybridized carbons (Fsp3) is 0.250. The van der Waals surface area contributed by atoms with Gasteiger partial charge in [0.1, 0.15) is 12.4 Å². The maximum atomic E-state index is 12.9. The van der Waals surface area contributed by atoms with Crippen molar-refractivity contribution in [2.75, 3.05) is 23.4 Å². The lowest BCUT2D eigenvalue weighted by Crippen LogP contribution is -2.42. The number of amides is 2. The number of carbonyl (C=O) groups excluding carboxylic acids is 2. The highest BCUT2D eigenvalue weighted by molar-refractivity contribution is 6.07. The van der Waals surface area contributed by atoms with E-state index in [9.17, 15) is 9.59 Å². The van der Waals surface area contributed by atoms with Gasteiger partial charge in [0, 0.05) is 17.8 Å². The Morgan fingerprint density at radius 3 is 2.59 bits per heavy atom. The van der Waals surface area contributed by atoms with Crippen molar-refractivity contribution in [2.24, 2.45) is 5.41 Å². The summed E-state index contributed by atoms with van der Waals surface area (Å²) < 4.78 is 5.88. The molecule has 0 aliphatic carbocycles. The van der Waals surface area contributed by atoms with Gasteiger partial charge in [0.05, 0.1) is 11.1 Å². The van der Waals surface area contributed by atoms with Crippen molar-refractivity contribution in [2.45, 2.75) is 20.8 Å². The van der Waals surface area contributed by atoms with Gasteiger partial charge in [-0.15, -0.1) is 0 Å². The van der Waals surface area contributed by atoms with Crippen molar-refractivity contribution in [1.82, 2.24) is 0 Å². The summed E-state index contributed by atoms with van der Waals surface area (Å²) in [5.41, 5.74) is 1.28. The summed E-state index contributed by atoms with van der Waals surface area (Å²) in [6.07, 6.45) is 0. The molecule has 0 saturated heterocycles. The van der Waals surface area contributed by atoms with Gasteiger partial charge in [-0.2, -0.15) is 0 Å². The second kappa shape index (κ2) is 7.24. The SMILES string of the molecule is CCN1C(=O)C(C)(C)COc2ccc(NC(=O)c3ccc4ccccc4c3)cc21. The van der Waals surface area contributed by atoms with Gasteiger partial charge < -0.3 is 15.0 Å². The van der Waals surface area contributed by atoms with Crippen LogP contribution in [0, 0.1) is 5.41 Å². The summed E-state index contributed by atoms with van der Waals surface area (Å²) in [6, 6.07) is 19.0. The fourth-order valence-electron chi connectivity index (χ4n) is 3.57. The Hall–Kier alpha value is -3.34. The largest absolute Gasteiger partial charge is 0.490 e. The summed E-state index contributed by atoms with van der Waals surface area (Å²) in [5, 5.41) is 5.04. The zero-order chi connectivity index (χ0) is 20.6. The van der Waals surface area contributed by atoms with Gasteiger partial charge in [-0.1, -0.05) is 30.3 Å². The summed E-state index contributed by atoms with van der Waals surface area (Å²) in [7, 11) is 0. The molecule has 5 nitrogen and oxygen atoms in total. The van der Waals surface area contributed by atoms with E-state index < -0.39 is 5.41 Å². The molecular formula is C24H24N2O3. The fourth-order valence-corrected chi connectivity index (χ4v) is 3.57. The van der Waals surface area contributed by atoms with Crippen LogP contribution < -0.4 is 15.0 Å². The molecule has 0 aromatic heterocycles. The molecule has 1 aliphatic rings. The second-order valence-electron chi connectivity index (χ2n) is 7.92. The lowest BCUT2D eigenvalue weighted by Gasteiger charge is -2.27. The van der Waals surface area contributed by atoms with E-state index >= 15 is 0 Å². The minimum Gasteiger partial charge on any atom is -0.490 e.